The molecule has 17 heavy (non-hydrogen) atoms. The summed E-state index contributed by atoms with van der Waals surface area (Å²) in [6, 6.07) is 7.12. The lowest BCUT2D eigenvalue weighted by Crippen LogP contribution is -2.35. The Labute approximate surface area is 116 Å². The van der Waals surface area contributed by atoms with E-state index in [1.807, 2.05) is 6.07 Å². The number of rotatable bonds is 3. The lowest BCUT2D eigenvalue weighted by Gasteiger charge is -2.11. The van der Waals surface area contributed by atoms with Crippen molar-refractivity contribution in [2.75, 3.05) is 0 Å². The van der Waals surface area contributed by atoms with Crippen molar-refractivity contribution >= 4 is 37.8 Å². The Morgan fingerprint density at radius 1 is 1.47 bits per heavy atom. The number of nitrogens with zero attached hydrogens (tertiary/aromatic N) is 1. The van der Waals surface area contributed by atoms with E-state index in [-0.39, 0.29) is 11.9 Å². The van der Waals surface area contributed by atoms with Gasteiger partial charge in [0.2, 0.25) is 0 Å². The third-order valence-corrected chi connectivity index (χ3v) is 3.84. The number of nitriles is 1. The lowest BCUT2D eigenvalue weighted by molar-refractivity contribution is 0.0941. The summed E-state index contributed by atoms with van der Waals surface area (Å²) in [6.07, 6.45) is 2.06. The van der Waals surface area contributed by atoms with E-state index in [4.69, 9.17) is 5.26 Å². The Balaban J connectivity index is 2.11. The van der Waals surface area contributed by atoms with Gasteiger partial charge in [0.05, 0.1) is 11.6 Å². The number of carbonyl (C=O) groups excluding carboxylic acids is 1. The van der Waals surface area contributed by atoms with Crippen LogP contribution in [0.4, 0.5) is 0 Å². The number of benzene rings is 1. The van der Waals surface area contributed by atoms with Crippen molar-refractivity contribution in [1.29, 1.82) is 5.26 Å². The van der Waals surface area contributed by atoms with Crippen molar-refractivity contribution in [2.24, 2.45) is 5.92 Å². The Kier molecular flexibility index (Phi) is 3.85. The minimum Gasteiger partial charge on any atom is -0.336 e. The highest BCUT2D eigenvalue weighted by Gasteiger charge is 2.32. The minimum absolute atomic E-state index is 0.206. The molecule has 2 rings (SSSR count). The van der Waals surface area contributed by atoms with Gasteiger partial charge in [-0.15, -0.1) is 0 Å². The average Bonchev–Trinajstić information content (AvgIpc) is 3.09. The van der Waals surface area contributed by atoms with E-state index >= 15 is 0 Å². The summed E-state index contributed by atoms with van der Waals surface area (Å²) in [7, 11) is 0. The molecule has 88 valence electrons. The summed E-state index contributed by atoms with van der Waals surface area (Å²) in [5.74, 6) is 0.126. The van der Waals surface area contributed by atoms with Crippen LogP contribution in [0.5, 0.6) is 0 Å². The Morgan fingerprint density at radius 2 is 2.18 bits per heavy atom. The molecule has 1 aliphatic carbocycles. The molecular weight excluding hydrogens is 348 g/mol. The molecule has 0 bridgehead atoms. The molecule has 1 fully saturated rings. The molecule has 1 aromatic carbocycles. The van der Waals surface area contributed by atoms with Crippen molar-refractivity contribution < 1.29 is 4.79 Å². The largest absolute Gasteiger partial charge is 0.336 e. The molecule has 0 saturated heterocycles. The predicted octanol–water partition coefficient (Wildman–Crippen LogP) is 3.24. The molecule has 1 amide bonds. The third-order valence-electron chi connectivity index (χ3n) is 2.69. The second-order valence-electron chi connectivity index (χ2n) is 4.04. The van der Waals surface area contributed by atoms with Crippen LogP contribution in [0.3, 0.4) is 0 Å². The monoisotopic (exact) mass is 356 g/mol. The standard InChI is InChI=1S/C12H10Br2N2O/c13-8-3-4-9(10(14)5-8)12(17)16-11(6-15)7-1-2-7/h3-5,7,11H,1-2H2,(H,16,17). The zero-order valence-electron chi connectivity index (χ0n) is 8.91. The smallest absolute Gasteiger partial charge is 0.253 e. The van der Waals surface area contributed by atoms with E-state index < -0.39 is 0 Å². The van der Waals surface area contributed by atoms with Gasteiger partial charge in [-0.1, -0.05) is 15.9 Å². The first-order chi connectivity index (χ1) is 8.11. The Bertz CT molecular complexity index is 492. The van der Waals surface area contributed by atoms with E-state index in [1.54, 1.807) is 12.1 Å². The van der Waals surface area contributed by atoms with E-state index in [9.17, 15) is 4.79 Å². The SMILES string of the molecule is N#CC(NC(=O)c1ccc(Br)cc1Br)C1CC1. The van der Waals surface area contributed by atoms with Gasteiger partial charge in [0.1, 0.15) is 6.04 Å². The van der Waals surface area contributed by atoms with Crippen molar-refractivity contribution in [2.45, 2.75) is 18.9 Å². The van der Waals surface area contributed by atoms with Crippen molar-refractivity contribution in [3.05, 3.63) is 32.7 Å². The number of amides is 1. The summed E-state index contributed by atoms with van der Waals surface area (Å²) in [4.78, 5) is 12.0. The maximum Gasteiger partial charge on any atom is 0.253 e. The van der Waals surface area contributed by atoms with Gasteiger partial charge in [-0.2, -0.15) is 5.26 Å². The molecule has 1 atom stereocenters. The van der Waals surface area contributed by atoms with Crippen LogP contribution in [0.15, 0.2) is 27.1 Å². The van der Waals surface area contributed by atoms with Crippen LogP contribution >= 0.6 is 31.9 Å². The molecule has 0 spiro atoms. The normalized spacial score (nSPS) is 16.1. The van der Waals surface area contributed by atoms with Gasteiger partial charge in [0.15, 0.2) is 0 Å². The number of hydrogen-bond acceptors (Lipinski definition) is 2. The fraction of sp³-hybridized carbons (Fsp3) is 0.333. The van der Waals surface area contributed by atoms with Crippen LogP contribution in [0.2, 0.25) is 0 Å². The molecule has 1 unspecified atom stereocenters. The first-order valence-electron chi connectivity index (χ1n) is 5.27. The molecule has 5 heteroatoms. The van der Waals surface area contributed by atoms with Gasteiger partial charge < -0.3 is 5.32 Å². The minimum atomic E-state index is -0.363. The molecule has 0 aliphatic heterocycles. The maximum absolute atomic E-state index is 12.0. The second-order valence-corrected chi connectivity index (χ2v) is 5.81. The zero-order valence-corrected chi connectivity index (χ0v) is 12.1. The molecule has 1 aliphatic rings. The van der Waals surface area contributed by atoms with Gasteiger partial charge in [0, 0.05) is 8.95 Å². The highest BCUT2D eigenvalue weighted by molar-refractivity contribution is 9.11. The van der Waals surface area contributed by atoms with E-state index in [0.717, 1.165) is 21.8 Å². The van der Waals surface area contributed by atoms with E-state index in [1.165, 1.54) is 0 Å². The molecule has 0 aromatic heterocycles. The van der Waals surface area contributed by atoms with Crippen LogP contribution in [-0.2, 0) is 0 Å². The molecule has 3 nitrogen and oxygen atoms in total. The third kappa shape index (κ3) is 3.08. The highest BCUT2D eigenvalue weighted by Crippen LogP contribution is 2.32. The van der Waals surface area contributed by atoms with E-state index in [0.29, 0.717) is 11.5 Å². The summed E-state index contributed by atoms with van der Waals surface area (Å²) >= 11 is 6.67. The molecule has 0 heterocycles. The van der Waals surface area contributed by atoms with Crippen LogP contribution in [0.25, 0.3) is 0 Å². The summed E-state index contributed by atoms with van der Waals surface area (Å²) in [5.41, 5.74) is 0.550. The van der Waals surface area contributed by atoms with Gasteiger partial charge in [0.25, 0.3) is 5.91 Å². The molecule has 1 saturated carbocycles. The number of nitrogens with one attached hydrogen (secondary N) is 1. The number of halogens is 2. The van der Waals surface area contributed by atoms with Gasteiger partial charge >= 0.3 is 0 Å². The van der Waals surface area contributed by atoms with Gasteiger partial charge in [-0.3, -0.25) is 4.79 Å². The first kappa shape index (κ1) is 12.6. The summed E-state index contributed by atoms with van der Waals surface area (Å²) in [5, 5.41) is 11.7. The summed E-state index contributed by atoms with van der Waals surface area (Å²) in [6.45, 7) is 0. The van der Waals surface area contributed by atoms with E-state index in [2.05, 4.69) is 43.2 Å². The lowest BCUT2D eigenvalue weighted by atomic mass is 10.1. The summed E-state index contributed by atoms with van der Waals surface area (Å²) < 4.78 is 1.62. The fourth-order valence-electron chi connectivity index (χ4n) is 1.58. The van der Waals surface area contributed by atoms with Crippen LogP contribution in [0.1, 0.15) is 23.2 Å². The Morgan fingerprint density at radius 3 is 2.71 bits per heavy atom. The quantitative estimate of drug-likeness (QED) is 0.902. The van der Waals surface area contributed by atoms with Crippen LogP contribution in [0, 0.1) is 17.2 Å². The first-order valence-corrected chi connectivity index (χ1v) is 6.86. The second kappa shape index (κ2) is 5.19. The maximum atomic E-state index is 12.0. The van der Waals surface area contributed by atoms with Crippen molar-refractivity contribution in [3.63, 3.8) is 0 Å². The Hall–Kier alpha value is -0.860. The fourth-order valence-corrected chi connectivity index (χ4v) is 2.80. The topological polar surface area (TPSA) is 52.9 Å². The highest BCUT2D eigenvalue weighted by atomic mass is 79.9. The van der Waals surface area contributed by atoms with Crippen molar-refractivity contribution in [1.82, 2.24) is 5.32 Å². The van der Waals surface area contributed by atoms with Crippen LogP contribution in [-0.4, -0.2) is 11.9 Å². The molecule has 1 N–H and O–H groups in total. The number of hydrogen-bond donors (Lipinski definition) is 1. The van der Waals surface area contributed by atoms with Gasteiger partial charge in [-0.25, -0.2) is 0 Å². The molecule has 0 radical (unpaired) electrons. The van der Waals surface area contributed by atoms with Gasteiger partial charge in [-0.05, 0) is 52.9 Å². The van der Waals surface area contributed by atoms with Crippen molar-refractivity contribution in [3.8, 4) is 6.07 Å². The predicted molar refractivity (Wildman–Crippen MR) is 71.4 cm³/mol. The van der Waals surface area contributed by atoms with Crippen LogP contribution < -0.4 is 5.32 Å². The average molecular weight is 358 g/mol. The molecular formula is C12H10Br2N2O. The number of carbonyl (C=O) groups is 1. The molecule has 1 aromatic rings. The zero-order chi connectivity index (χ0) is 12.4.